The molecule has 0 amide bonds. The van der Waals surface area contributed by atoms with Gasteiger partial charge in [0.15, 0.2) is 17.2 Å². The van der Waals surface area contributed by atoms with Crippen molar-refractivity contribution in [2.45, 2.75) is 0 Å². The van der Waals surface area contributed by atoms with Crippen LogP contribution in [0, 0.1) is 0 Å². The van der Waals surface area contributed by atoms with Gasteiger partial charge in [-0.25, -0.2) is 0 Å². The predicted octanol–water partition coefficient (Wildman–Crippen LogP) is 5.31. The maximum atomic E-state index is 12.0. The van der Waals surface area contributed by atoms with Crippen molar-refractivity contribution in [3.05, 3.63) is 66.7 Å². The van der Waals surface area contributed by atoms with E-state index < -0.39 is 0 Å². The van der Waals surface area contributed by atoms with Gasteiger partial charge in [0.05, 0.1) is 14.2 Å². The van der Waals surface area contributed by atoms with Crippen LogP contribution in [-0.2, 0) is 5.11 Å². The first kappa shape index (κ1) is 15.7. The van der Waals surface area contributed by atoms with Crippen molar-refractivity contribution in [1.29, 1.82) is 0 Å². The summed E-state index contributed by atoms with van der Waals surface area (Å²) in [7, 11) is 3.14. The Morgan fingerprint density at radius 3 is 2.25 bits per heavy atom. The molecule has 0 fully saturated rings. The summed E-state index contributed by atoms with van der Waals surface area (Å²) < 4.78 is 16.6. The van der Waals surface area contributed by atoms with Gasteiger partial charge in [0.1, 0.15) is 5.75 Å². The minimum absolute atomic E-state index is 0.0198. The lowest BCUT2D eigenvalue weighted by Gasteiger charge is -2.14. The Hall–Kier alpha value is -3.14. The van der Waals surface area contributed by atoms with Gasteiger partial charge in [0, 0.05) is 5.56 Å². The number of hydrogen-bond acceptors (Lipinski definition) is 3. The van der Waals surface area contributed by atoms with Crippen LogP contribution >= 0.6 is 0 Å². The van der Waals surface area contributed by atoms with E-state index in [1.807, 2.05) is 36.4 Å². The SMILES string of the molecule is COc1cccc(Oc2cccc(-c3ccccc3[O])c2)c1OC. The van der Waals surface area contributed by atoms with Crippen LogP contribution in [0.15, 0.2) is 66.7 Å². The molecule has 3 aromatic carbocycles. The number of para-hydroxylation sites is 2. The summed E-state index contributed by atoms with van der Waals surface area (Å²) in [6, 6.07) is 19.7. The van der Waals surface area contributed by atoms with Crippen molar-refractivity contribution in [3.63, 3.8) is 0 Å². The van der Waals surface area contributed by atoms with Crippen molar-refractivity contribution in [2.75, 3.05) is 14.2 Å². The predicted molar refractivity (Wildman–Crippen MR) is 91.6 cm³/mol. The lowest BCUT2D eigenvalue weighted by atomic mass is 10.0. The molecule has 0 atom stereocenters. The molecule has 3 rings (SSSR count). The van der Waals surface area contributed by atoms with Gasteiger partial charge in [0.25, 0.3) is 0 Å². The van der Waals surface area contributed by atoms with Crippen LogP contribution < -0.4 is 14.2 Å². The molecule has 0 heterocycles. The zero-order valence-corrected chi connectivity index (χ0v) is 13.5. The molecular formula is C20H17O4. The van der Waals surface area contributed by atoms with E-state index >= 15 is 0 Å². The molecular weight excluding hydrogens is 304 g/mol. The molecule has 0 unspecified atom stereocenters. The highest BCUT2D eigenvalue weighted by Crippen LogP contribution is 2.40. The monoisotopic (exact) mass is 321 g/mol. The second kappa shape index (κ2) is 6.96. The van der Waals surface area contributed by atoms with E-state index in [1.165, 1.54) is 0 Å². The normalized spacial score (nSPS) is 10.2. The standard InChI is InChI=1S/C20H17O4/c1-22-18-11-6-12-19(20(18)23-2)24-15-8-5-7-14(13-15)16-9-3-4-10-17(16)21/h3-13H,1-2H3. The molecule has 0 saturated heterocycles. The maximum absolute atomic E-state index is 12.0. The highest BCUT2D eigenvalue weighted by molar-refractivity contribution is 5.71. The van der Waals surface area contributed by atoms with Crippen LogP contribution in [0.1, 0.15) is 0 Å². The topological polar surface area (TPSA) is 47.6 Å². The third kappa shape index (κ3) is 3.13. The summed E-state index contributed by atoms with van der Waals surface area (Å²) >= 11 is 0. The maximum Gasteiger partial charge on any atom is 0.203 e. The van der Waals surface area contributed by atoms with Gasteiger partial charge < -0.3 is 14.2 Å². The van der Waals surface area contributed by atoms with Crippen molar-refractivity contribution >= 4 is 0 Å². The van der Waals surface area contributed by atoms with E-state index in [4.69, 9.17) is 14.2 Å². The quantitative estimate of drug-likeness (QED) is 0.640. The third-order valence-corrected chi connectivity index (χ3v) is 3.63. The first-order valence-corrected chi connectivity index (χ1v) is 7.48. The van der Waals surface area contributed by atoms with Gasteiger partial charge in [-0.05, 0) is 35.9 Å². The number of hydrogen-bond donors (Lipinski definition) is 0. The van der Waals surface area contributed by atoms with Crippen LogP contribution in [-0.4, -0.2) is 14.2 Å². The van der Waals surface area contributed by atoms with E-state index in [0.717, 1.165) is 5.56 Å². The Labute approximate surface area is 140 Å². The lowest BCUT2D eigenvalue weighted by Crippen LogP contribution is -1.94. The van der Waals surface area contributed by atoms with Crippen molar-refractivity contribution in [2.24, 2.45) is 0 Å². The highest BCUT2D eigenvalue weighted by atomic mass is 16.5. The minimum atomic E-state index is -0.0198. The van der Waals surface area contributed by atoms with Gasteiger partial charge >= 0.3 is 0 Å². The van der Waals surface area contributed by atoms with E-state index in [-0.39, 0.29) is 5.75 Å². The van der Waals surface area contributed by atoms with E-state index in [0.29, 0.717) is 28.6 Å². The first-order chi connectivity index (χ1) is 11.7. The summed E-state index contributed by atoms with van der Waals surface area (Å²) in [5.74, 6) is 2.26. The third-order valence-electron chi connectivity index (χ3n) is 3.63. The molecule has 121 valence electrons. The van der Waals surface area contributed by atoms with Crippen LogP contribution in [0.3, 0.4) is 0 Å². The van der Waals surface area contributed by atoms with Crippen LogP contribution in [0.2, 0.25) is 0 Å². The fourth-order valence-electron chi connectivity index (χ4n) is 2.50. The molecule has 0 aliphatic carbocycles. The summed E-state index contributed by atoms with van der Waals surface area (Å²) in [6.07, 6.45) is 0. The fourth-order valence-corrected chi connectivity index (χ4v) is 2.50. The van der Waals surface area contributed by atoms with Crippen LogP contribution in [0.4, 0.5) is 0 Å². The molecule has 0 N–H and O–H groups in total. The summed E-state index contributed by atoms with van der Waals surface area (Å²) in [5, 5.41) is 12.0. The molecule has 24 heavy (non-hydrogen) atoms. The number of methoxy groups -OCH3 is 2. The molecule has 0 aliphatic heterocycles. The second-order valence-electron chi connectivity index (χ2n) is 5.12. The number of ether oxygens (including phenoxy) is 3. The van der Waals surface area contributed by atoms with Crippen molar-refractivity contribution < 1.29 is 19.3 Å². The van der Waals surface area contributed by atoms with Crippen molar-refractivity contribution in [1.82, 2.24) is 0 Å². The zero-order chi connectivity index (χ0) is 16.9. The average molecular weight is 321 g/mol. The first-order valence-electron chi connectivity index (χ1n) is 7.48. The van der Waals surface area contributed by atoms with Crippen LogP contribution in [0.5, 0.6) is 28.7 Å². The largest absolute Gasteiger partial charge is 0.493 e. The Kier molecular flexibility index (Phi) is 4.57. The number of rotatable bonds is 5. The Bertz CT molecular complexity index is 843. The smallest absolute Gasteiger partial charge is 0.203 e. The van der Waals surface area contributed by atoms with E-state index in [2.05, 4.69) is 0 Å². The minimum Gasteiger partial charge on any atom is -0.493 e. The Balaban J connectivity index is 1.95. The summed E-state index contributed by atoms with van der Waals surface area (Å²) in [5.41, 5.74) is 1.44. The molecule has 3 aromatic rings. The molecule has 1 radical (unpaired) electrons. The average Bonchev–Trinajstić information content (AvgIpc) is 2.62. The summed E-state index contributed by atoms with van der Waals surface area (Å²) in [6.45, 7) is 0. The van der Waals surface area contributed by atoms with Gasteiger partial charge in [-0.15, -0.1) is 0 Å². The molecule has 0 spiro atoms. The molecule has 4 nitrogen and oxygen atoms in total. The van der Waals surface area contributed by atoms with E-state index in [1.54, 1.807) is 44.6 Å². The highest BCUT2D eigenvalue weighted by Gasteiger charge is 2.12. The van der Waals surface area contributed by atoms with Crippen molar-refractivity contribution in [3.8, 4) is 39.9 Å². The molecule has 4 heteroatoms. The lowest BCUT2D eigenvalue weighted by molar-refractivity contribution is 0.336. The van der Waals surface area contributed by atoms with Gasteiger partial charge in [-0.2, -0.15) is 0 Å². The zero-order valence-electron chi connectivity index (χ0n) is 13.5. The molecule has 0 aromatic heterocycles. The van der Waals surface area contributed by atoms with Crippen LogP contribution in [0.25, 0.3) is 11.1 Å². The molecule has 0 bridgehead atoms. The Morgan fingerprint density at radius 2 is 1.50 bits per heavy atom. The second-order valence-corrected chi connectivity index (χ2v) is 5.12. The van der Waals surface area contributed by atoms with Gasteiger partial charge in [-0.1, -0.05) is 36.4 Å². The molecule has 0 aliphatic rings. The fraction of sp³-hybridized carbons (Fsp3) is 0.100. The van der Waals surface area contributed by atoms with Gasteiger partial charge in [0.2, 0.25) is 5.75 Å². The number of benzene rings is 3. The Morgan fingerprint density at radius 1 is 0.750 bits per heavy atom. The van der Waals surface area contributed by atoms with E-state index in [9.17, 15) is 5.11 Å². The van der Waals surface area contributed by atoms with Gasteiger partial charge in [-0.3, -0.25) is 5.11 Å². The molecule has 0 saturated carbocycles. The summed E-state index contributed by atoms with van der Waals surface area (Å²) in [4.78, 5) is 0.